The van der Waals surface area contributed by atoms with Crippen LogP contribution in [0.3, 0.4) is 0 Å². The van der Waals surface area contributed by atoms with Gasteiger partial charge in [0.05, 0.1) is 22.2 Å². The van der Waals surface area contributed by atoms with Crippen LogP contribution in [0.25, 0.3) is 33.3 Å². The molecule has 160 valence electrons. The van der Waals surface area contributed by atoms with E-state index >= 15 is 0 Å². The van der Waals surface area contributed by atoms with Crippen molar-refractivity contribution in [2.24, 2.45) is 0 Å². The Bertz CT molecular complexity index is 1330. The average molecular weight is 420 g/mol. The van der Waals surface area contributed by atoms with E-state index in [1.807, 2.05) is 12.1 Å². The number of anilines is 2. The highest BCUT2D eigenvalue weighted by Gasteiger charge is 2.20. The number of aromatic nitrogens is 3. The average Bonchev–Trinajstić information content (AvgIpc) is 3.17. The molecule has 1 aliphatic heterocycles. The maximum absolute atomic E-state index is 13.7. The molecule has 0 atom stereocenters. The van der Waals surface area contributed by atoms with E-state index in [2.05, 4.69) is 44.7 Å². The molecule has 1 fully saturated rings. The number of aromatic amines is 2. The molecule has 1 aliphatic rings. The molecule has 5 rings (SSSR count). The summed E-state index contributed by atoms with van der Waals surface area (Å²) in [7, 11) is 0. The standard InChI is InChI=1S/C23H25FN6O/c1-13(2)29-7-9-30(10-8-29)15-4-6-18-19(12-15)27-22(26-18)20-21(25)16-11-14(24)3-5-17(16)28-23(20)31/h3-6,11-13H,7-10H2,1-2H3,(H,26,27)(H3,25,28,31). The fourth-order valence-corrected chi connectivity index (χ4v) is 4.33. The number of hydrogen-bond donors (Lipinski definition) is 3. The van der Waals surface area contributed by atoms with Gasteiger partial charge in [0.1, 0.15) is 17.2 Å². The van der Waals surface area contributed by atoms with Crippen LogP contribution in [0.4, 0.5) is 15.8 Å². The molecular weight excluding hydrogens is 395 g/mol. The second kappa shape index (κ2) is 7.39. The van der Waals surface area contributed by atoms with Gasteiger partial charge in [-0.15, -0.1) is 0 Å². The van der Waals surface area contributed by atoms with E-state index in [0.717, 1.165) is 42.9 Å². The van der Waals surface area contributed by atoms with Gasteiger partial charge in [-0.1, -0.05) is 0 Å². The number of halogens is 1. The van der Waals surface area contributed by atoms with Crippen molar-refractivity contribution in [3.05, 3.63) is 52.6 Å². The van der Waals surface area contributed by atoms with E-state index in [4.69, 9.17) is 5.73 Å². The van der Waals surface area contributed by atoms with E-state index < -0.39 is 5.82 Å². The fraction of sp³-hybridized carbons (Fsp3) is 0.304. The molecule has 0 bridgehead atoms. The number of fused-ring (bicyclic) bond motifs is 2. The largest absolute Gasteiger partial charge is 0.397 e. The van der Waals surface area contributed by atoms with Crippen LogP contribution in [0.5, 0.6) is 0 Å². The number of nitrogens with zero attached hydrogens (tertiary/aromatic N) is 3. The molecule has 0 saturated carbocycles. The number of benzene rings is 2. The monoisotopic (exact) mass is 420 g/mol. The van der Waals surface area contributed by atoms with Crippen molar-refractivity contribution < 1.29 is 4.39 Å². The number of pyridine rings is 1. The van der Waals surface area contributed by atoms with Crippen LogP contribution in [0.1, 0.15) is 13.8 Å². The predicted octanol–water partition coefficient (Wildman–Crippen LogP) is 3.32. The summed E-state index contributed by atoms with van der Waals surface area (Å²) >= 11 is 0. The van der Waals surface area contributed by atoms with Gasteiger partial charge < -0.3 is 20.6 Å². The predicted molar refractivity (Wildman–Crippen MR) is 123 cm³/mol. The number of H-pyrrole nitrogens is 2. The fourth-order valence-electron chi connectivity index (χ4n) is 4.33. The number of imidazole rings is 1. The summed E-state index contributed by atoms with van der Waals surface area (Å²) in [5.41, 5.74) is 9.52. The lowest BCUT2D eigenvalue weighted by Gasteiger charge is -2.38. The Morgan fingerprint density at radius 2 is 1.77 bits per heavy atom. The zero-order chi connectivity index (χ0) is 21.7. The normalized spacial score (nSPS) is 15.4. The molecule has 31 heavy (non-hydrogen) atoms. The van der Waals surface area contributed by atoms with Crippen molar-refractivity contribution in [3.8, 4) is 11.4 Å². The molecule has 3 heterocycles. The molecule has 4 aromatic rings. The summed E-state index contributed by atoms with van der Waals surface area (Å²) < 4.78 is 13.7. The van der Waals surface area contributed by atoms with Crippen LogP contribution in [0, 0.1) is 5.82 Å². The number of piperazine rings is 1. The molecule has 0 radical (unpaired) electrons. The first-order valence-electron chi connectivity index (χ1n) is 10.5. The highest BCUT2D eigenvalue weighted by Crippen LogP contribution is 2.30. The first kappa shape index (κ1) is 19.6. The number of nitrogens with two attached hydrogens (primary N) is 1. The summed E-state index contributed by atoms with van der Waals surface area (Å²) in [6, 6.07) is 10.8. The van der Waals surface area contributed by atoms with E-state index in [1.165, 1.54) is 18.2 Å². The Hall–Kier alpha value is -3.39. The Morgan fingerprint density at radius 1 is 1.03 bits per heavy atom. The second-order valence-corrected chi connectivity index (χ2v) is 8.34. The number of nitrogen functional groups attached to an aromatic ring is 1. The van der Waals surface area contributed by atoms with Crippen molar-refractivity contribution in [2.45, 2.75) is 19.9 Å². The van der Waals surface area contributed by atoms with Crippen LogP contribution >= 0.6 is 0 Å². The van der Waals surface area contributed by atoms with Gasteiger partial charge in [-0.25, -0.2) is 9.37 Å². The molecule has 4 N–H and O–H groups in total. The van der Waals surface area contributed by atoms with Gasteiger partial charge in [0.25, 0.3) is 5.56 Å². The summed E-state index contributed by atoms with van der Waals surface area (Å²) in [5, 5.41) is 0.457. The molecule has 2 aromatic heterocycles. The smallest absolute Gasteiger partial charge is 0.261 e. The van der Waals surface area contributed by atoms with Crippen molar-refractivity contribution in [1.82, 2.24) is 19.9 Å². The minimum absolute atomic E-state index is 0.210. The summed E-state index contributed by atoms with van der Waals surface area (Å²) in [5.74, 6) is -0.0364. The zero-order valence-corrected chi connectivity index (χ0v) is 17.6. The summed E-state index contributed by atoms with van der Waals surface area (Å²) in [6.45, 7) is 8.43. The first-order valence-corrected chi connectivity index (χ1v) is 10.5. The minimum atomic E-state index is -0.413. The lowest BCUT2D eigenvalue weighted by molar-refractivity contribution is 0.209. The topological polar surface area (TPSA) is 94.0 Å². The van der Waals surface area contributed by atoms with Gasteiger partial charge in [-0.2, -0.15) is 0 Å². The molecule has 0 unspecified atom stereocenters. The van der Waals surface area contributed by atoms with E-state index in [-0.39, 0.29) is 16.8 Å². The third kappa shape index (κ3) is 3.42. The molecule has 0 aliphatic carbocycles. The molecule has 2 aromatic carbocycles. The SMILES string of the molecule is CC(C)N1CCN(c2ccc3[nH]c(-c4c(N)c5cc(F)ccc5[nH]c4=O)nc3c2)CC1. The molecule has 1 saturated heterocycles. The lowest BCUT2D eigenvalue weighted by atomic mass is 10.1. The van der Waals surface area contributed by atoms with Gasteiger partial charge in [0.15, 0.2) is 0 Å². The van der Waals surface area contributed by atoms with Gasteiger partial charge in [-0.05, 0) is 50.2 Å². The Kier molecular flexibility index (Phi) is 4.66. The molecule has 0 amide bonds. The number of hydrogen-bond acceptors (Lipinski definition) is 5. The first-order chi connectivity index (χ1) is 14.9. The van der Waals surface area contributed by atoms with Gasteiger partial charge in [0, 0.05) is 43.3 Å². The summed E-state index contributed by atoms with van der Waals surface area (Å²) in [6.07, 6.45) is 0. The van der Waals surface area contributed by atoms with Gasteiger partial charge >= 0.3 is 0 Å². The maximum atomic E-state index is 13.7. The highest BCUT2D eigenvalue weighted by molar-refractivity contribution is 5.98. The zero-order valence-electron chi connectivity index (χ0n) is 17.6. The lowest BCUT2D eigenvalue weighted by Crippen LogP contribution is -2.48. The van der Waals surface area contributed by atoms with Crippen LogP contribution in [-0.2, 0) is 0 Å². The van der Waals surface area contributed by atoms with Crippen molar-refractivity contribution in [1.29, 1.82) is 0 Å². The molecule has 8 heteroatoms. The number of nitrogens with one attached hydrogen (secondary N) is 2. The molecule has 7 nitrogen and oxygen atoms in total. The Morgan fingerprint density at radius 3 is 2.52 bits per heavy atom. The number of rotatable bonds is 3. The summed E-state index contributed by atoms with van der Waals surface area (Å²) in [4.78, 5) is 28.1. The highest BCUT2D eigenvalue weighted by atomic mass is 19.1. The minimum Gasteiger partial charge on any atom is -0.397 e. The van der Waals surface area contributed by atoms with Crippen LogP contribution in [-0.4, -0.2) is 52.1 Å². The third-order valence-corrected chi connectivity index (χ3v) is 6.13. The van der Waals surface area contributed by atoms with Gasteiger partial charge in [0.2, 0.25) is 0 Å². The molecular formula is C23H25FN6O. The van der Waals surface area contributed by atoms with Crippen LogP contribution in [0.2, 0.25) is 0 Å². The maximum Gasteiger partial charge on any atom is 0.261 e. The van der Waals surface area contributed by atoms with Crippen LogP contribution in [0.15, 0.2) is 41.2 Å². The van der Waals surface area contributed by atoms with E-state index in [9.17, 15) is 9.18 Å². The van der Waals surface area contributed by atoms with Crippen molar-refractivity contribution >= 4 is 33.3 Å². The molecule has 0 spiro atoms. The third-order valence-electron chi connectivity index (χ3n) is 6.13. The Labute approximate surface area is 178 Å². The van der Waals surface area contributed by atoms with E-state index in [1.54, 1.807) is 0 Å². The Balaban J connectivity index is 1.52. The van der Waals surface area contributed by atoms with Crippen molar-refractivity contribution in [3.63, 3.8) is 0 Å². The van der Waals surface area contributed by atoms with Gasteiger partial charge in [-0.3, -0.25) is 9.69 Å². The van der Waals surface area contributed by atoms with E-state index in [0.29, 0.717) is 22.8 Å². The van der Waals surface area contributed by atoms with Crippen molar-refractivity contribution in [2.75, 3.05) is 36.8 Å². The quantitative estimate of drug-likeness (QED) is 0.473. The second-order valence-electron chi connectivity index (χ2n) is 8.34. The van der Waals surface area contributed by atoms with Crippen LogP contribution < -0.4 is 16.2 Å².